The molecule has 0 saturated heterocycles. The molecule has 6 aromatic carbocycles. The average Bonchev–Trinajstić information content (AvgIpc) is 4.01. The first-order valence-electron chi connectivity index (χ1n) is 29.6. The lowest BCUT2D eigenvalue weighted by molar-refractivity contribution is 0.193. The van der Waals surface area contributed by atoms with Crippen LogP contribution in [-0.2, 0) is 10.8 Å². The molecule has 6 heteroatoms. The van der Waals surface area contributed by atoms with Crippen molar-refractivity contribution < 1.29 is 30.2 Å². The van der Waals surface area contributed by atoms with E-state index in [0.29, 0.717) is 36.8 Å². The normalized spacial score (nSPS) is 24.9. The van der Waals surface area contributed by atoms with Gasteiger partial charge < -0.3 is 9.47 Å². The number of anilines is 2. The van der Waals surface area contributed by atoms with Gasteiger partial charge in [-0.05, 0) is 78.6 Å². The fraction of sp³-hybridized carbons (Fsp3) is 0.235. The molecule has 1 saturated carbocycles. The van der Waals surface area contributed by atoms with Crippen molar-refractivity contribution in [3.8, 4) is 23.0 Å². The zero-order valence-electron chi connectivity index (χ0n) is 53.6. The fourth-order valence-electron chi connectivity index (χ4n) is 8.79. The Morgan fingerprint density at radius 1 is 0.561 bits per heavy atom. The van der Waals surface area contributed by atoms with E-state index in [4.69, 9.17) is 30.0 Å². The van der Waals surface area contributed by atoms with Crippen LogP contribution in [0.1, 0.15) is 102 Å². The van der Waals surface area contributed by atoms with E-state index in [9.17, 15) is 15.1 Å². The number of aromatic nitrogens is 5. The number of benzene rings is 6. The molecule has 3 aromatic heterocycles. The first-order valence-corrected chi connectivity index (χ1v) is 18.6. The summed E-state index contributed by atoms with van der Waals surface area (Å²) < 4.78 is 204. The third kappa shape index (κ3) is 4.79. The second-order valence-corrected chi connectivity index (χ2v) is 16.0. The van der Waals surface area contributed by atoms with Crippen LogP contribution in [0.5, 0.6) is 0 Å². The number of hydrogen-bond donors (Lipinski definition) is 0. The Bertz CT molecular complexity index is 4260. The summed E-state index contributed by atoms with van der Waals surface area (Å²) in [7, 11) is 0. The van der Waals surface area contributed by atoms with Crippen LogP contribution < -0.4 is 4.90 Å². The van der Waals surface area contributed by atoms with Crippen molar-refractivity contribution in [3.63, 3.8) is 0 Å². The molecule has 0 amide bonds. The van der Waals surface area contributed by atoms with Crippen LogP contribution in [0.15, 0.2) is 139 Å². The molecule has 11 rings (SSSR count). The number of nitrogens with zero attached hydrogens (tertiary/aromatic N) is 6. The summed E-state index contributed by atoms with van der Waals surface area (Å²) in [5.74, 6) is -1.72. The van der Waals surface area contributed by atoms with E-state index in [0.717, 1.165) is 15.2 Å². The minimum Gasteiger partial charge on any atom is -0.309 e. The summed E-state index contributed by atoms with van der Waals surface area (Å²) in [5.41, 5.74) is -5.16. The van der Waals surface area contributed by atoms with Crippen molar-refractivity contribution in [3.05, 3.63) is 150 Å². The minimum absolute atomic E-state index is 0.00305. The lowest BCUT2D eigenvalue weighted by atomic mass is 9.61. The first-order chi connectivity index (χ1) is 36.8. The van der Waals surface area contributed by atoms with Crippen LogP contribution in [0.2, 0.25) is 0 Å². The van der Waals surface area contributed by atoms with Gasteiger partial charge in [0.2, 0.25) is 11.9 Å². The van der Waals surface area contributed by atoms with Gasteiger partial charge in [-0.25, -0.2) is 0 Å². The maximum absolute atomic E-state index is 9.91. The van der Waals surface area contributed by atoms with E-state index >= 15 is 0 Å². The van der Waals surface area contributed by atoms with Gasteiger partial charge in [-0.2, -0.15) is 15.0 Å². The third-order valence-electron chi connectivity index (χ3n) is 11.9. The predicted molar refractivity (Wildman–Crippen MR) is 235 cm³/mol. The molecule has 2 atom stereocenters. The summed E-state index contributed by atoms with van der Waals surface area (Å²) in [6.07, 6.45) is 2.10. The number of para-hydroxylation sites is 5. The highest BCUT2D eigenvalue weighted by Crippen LogP contribution is 2.61. The van der Waals surface area contributed by atoms with Crippen molar-refractivity contribution in [2.24, 2.45) is 0 Å². The summed E-state index contributed by atoms with van der Waals surface area (Å²) >= 11 is 0. The van der Waals surface area contributed by atoms with E-state index in [2.05, 4.69) is 0 Å². The van der Waals surface area contributed by atoms with E-state index in [1.165, 1.54) is 0 Å². The maximum atomic E-state index is 9.91. The first kappa shape index (κ1) is 18.3. The molecule has 0 radical (unpaired) electrons. The molecule has 1 aliphatic carbocycles. The number of rotatable bonds is 4. The highest BCUT2D eigenvalue weighted by atomic mass is 15.4. The van der Waals surface area contributed by atoms with Crippen molar-refractivity contribution in [2.45, 2.75) is 76.7 Å². The van der Waals surface area contributed by atoms with Crippen LogP contribution in [0.3, 0.4) is 0 Å². The zero-order chi connectivity index (χ0) is 57.8. The van der Waals surface area contributed by atoms with Crippen molar-refractivity contribution in [2.75, 3.05) is 4.90 Å². The summed E-state index contributed by atoms with van der Waals surface area (Å²) in [6.45, 7) is 9.32. The topological polar surface area (TPSA) is 51.8 Å². The number of hydrogen-bond acceptors (Lipinski definition) is 4. The molecule has 9 aromatic rings. The molecule has 57 heavy (non-hydrogen) atoms. The zero-order valence-corrected chi connectivity index (χ0v) is 31.6. The van der Waals surface area contributed by atoms with Crippen LogP contribution in [0.4, 0.5) is 11.6 Å². The van der Waals surface area contributed by atoms with Gasteiger partial charge in [0.15, 0.2) is 5.82 Å². The van der Waals surface area contributed by atoms with Gasteiger partial charge >= 0.3 is 0 Å². The van der Waals surface area contributed by atoms with Crippen molar-refractivity contribution in [1.82, 2.24) is 24.1 Å². The summed E-state index contributed by atoms with van der Waals surface area (Å²) in [4.78, 5) is 16.5. The summed E-state index contributed by atoms with van der Waals surface area (Å²) in [5, 5.41) is -1.13. The Balaban J connectivity index is 1.41. The molecule has 1 aliphatic heterocycles. The summed E-state index contributed by atoms with van der Waals surface area (Å²) in [6, 6.07) is -13.6. The van der Waals surface area contributed by atoms with E-state index in [1.54, 1.807) is 4.90 Å². The van der Waals surface area contributed by atoms with E-state index in [1.807, 2.05) is 34.6 Å². The standard InChI is InChI=1S/C51H46N6/c1-49(2,3)33-28-29-45-39(32-33)50(4)30-16-17-31-51(50,5)57(45)48-53-46(52-47(54-48)56-42-25-13-8-20-36(42)37-21-9-14-26-43(37)56)38-22-10-15-27-44(38)55-40-23-11-6-18-34(40)35-19-7-12-24-41(35)55/h6-15,18-29,32H,16-17,30-31H2,1-5H3/i6D,7D,8D,9D,10D,11D,12D,13D,14D,15D,18D,20D,21D,22D,23D,24D,25D,26D,27D,28D,29D,32D. The minimum atomic E-state index is -1.20. The van der Waals surface area contributed by atoms with Crippen LogP contribution in [-0.4, -0.2) is 29.6 Å². The van der Waals surface area contributed by atoms with Gasteiger partial charge in [-0.15, -0.1) is 0 Å². The Morgan fingerprint density at radius 2 is 1.12 bits per heavy atom. The Kier molecular flexibility index (Phi) is 3.90. The quantitative estimate of drug-likeness (QED) is 0.179. The van der Waals surface area contributed by atoms with Crippen molar-refractivity contribution >= 4 is 55.2 Å². The molecule has 280 valence electrons. The molecular weight excluding hydrogens is 697 g/mol. The molecule has 0 N–H and O–H groups in total. The Labute approximate surface area is 364 Å². The molecule has 1 fully saturated rings. The Hall–Kier alpha value is -6.27. The van der Waals surface area contributed by atoms with Gasteiger partial charge in [0.05, 0.1) is 63.4 Å². The van der Waals surface area contributed by atoms with E-state index in [-0.39, 0.29) is 50.9 Å². The third-order valence-corrected chi connectivity index (χ3v) is 11.9. The monoisotopic (exact) mass is 765 g/mol. The molecule has 4 heterocycles. The molecule has 0 spiro atoms. The highest BCUT2D eigenvalue weighted by Gasteiger charge is 2.58. The lowest BCUT2D eigenvalue weighted by Crippen LogP contribution is -2.55. The van der Waals surface area contributed by atoms with Gasteiger partial charge in [0.1, 0.15) is 0 Å². The van der Waals surface area contributed by atoms with Gasteiger partial charge in [-0.3, -0.25) is 4.57 Å². The average molecular weight is 765 g/mol. The second-order valence-electron chi connectivity index (χ2n) is 16.0. The molecule has 0 bridgehead atoms. The number of fused-ring (bicyclic) bond motifs is 9. The van der Waals surface area contributed by atoms with Crippen LogP contribution >= 0.6 is 0 Å². The van der Waals surface area contributed by atoms with Gasteiger partial charge in [0, 0.05) is 38.2 Å². The maximum Gasteiger partial charge on any atom is 0.240 e. The largest absolute Gasteiger partial charge is 0.309 e. The molecule has 2 unspecified atom stereocenters. The molecule has 6 nitrogen and oxygen atoms in total. The SMILES string of the molecule is [2H]c1cc2c3c([2H])c([2H])c([2H])c([2H])c3n(-c3c([2H])c([2H])c([2H])c([2H])c3-c3nc(N4c5c([2H])c([2H])c(C(C)(C)C)c([2H])c5C5(C)CCCCC45C)nc(-n4c5c([2H])c([2H])c([2H])c([2H])c5c5c([2H])c([2H])c([2H])c([2H])c54)n3)c2c([2H])c1[2H]. The van der Waals surface area contributed by atoms with Crippen molar-refractivity contribution in [1.29, 1.82) is 0 Å². The highest BCUT2D eigenvalue weighted by molar-refractivity contribution is 6.10. The molecule has 2 aliphatic rings. The predicted octanol–water partition coefficient (Wildman–Crippen LogP) is 12.8. The Morgan fingerprint density at radius 3 is 1.82 bits per heavy atom. The van der Waals surface area contributed by atoms with Gasteiger partial charge in [-0.1, -0.05) is 137 Å². The van der Waals surface area contributed by atoms with Crippen LogP contribution in [0, 0.1) is 0 Å². The van der Waals surface area contributed by atoms with E-state index < -0.39 is 177 Å². The lowest BCUT2D eigenvalue weighted by Gasteiger charge is -2.49. The second kappa shape index (κ2) is 12.1. The fourth-order valence-corrected chi connectivity index (χ4v) is 8.79. The van der Waals surface area contributed by atoms with Gasteiger partial charge in [0.25, 0.3) is 0 Å². The molecular formula is C51H46N6. The smallest absolute Gasteiger partial charge is 0.240 e. The van der Waals surface area contributed by atoms with Crippen LogP contribution in [0.25, 0.3) is 66.6 Å².